The highest BCUT2D eigenvalue weighted by molar-refractivity contribution is 4.75. The summed E-state index contributed by atoms with van der Waals surface area (Å²) in [7, 11) is 0. The van der Waals surface area contributed by atoms with Crippen LogP contribution in [0, 0.1) is 23.2 Å². The fourth-order valence-corrected chi connectivity index (χ4v) is 1.38. The minimum Gasteiger partial charge on any atom is -0.198 e. The van der Waals surface area contributed by atoms with E-state index in [1.807, 2.05) is 0 Å². The highest BCUT2D eigenvalue weighted by Crippen LogP contribution is 2.35. The van der Waals surface area contributed by atoms with Crippen molar-refractivity contribution in [3.8, 4) is 6.07 Å². The summed E-state index contributed by atoms with van der Waals surface area (Å²) in [6.45, 7) is 2.26. The molecule has 0 radical (unpaired) electrons. The maximum Gasteiger partial charge on any atom is 0.0621 e. The molecule has 0 spiro atoms. The Morgan fingerprint density at radius 1 is 1.45 bits per heavy atom. The van der Waals surface area contributed by atoms with E-state index in [4.69, 9.17) is 5.26 Å². The second-order valence-corrected chi connectivity index (χ2v) is 3.82. The zero-order valence-electron chi connectivity index (χ0n) is 7.34. The Bertz CT molecular complexity index is 141. The van der Waals surface area contributed by atoms with Crippen LogP contribution in [0.2, 0.25) is 0 Å². The first kappa shape index (κ1) is 8.59. The number of rotatable bonds is 5. The van der Waals surface area contributed by atoms with Crippen LogP contribution in [0.25, 0.3) is 0 Å². The molecule has 0 saturated heterocycles. The summed E-state index contributed by atoms with van der Waals surface area (Å²) in [5.41, 5.74) is 0. The molecule has 0 N–H and O–H groups in total. The van der Waals surface area contributed by atoms with Crippen molar-refractivity contribution in [1.82, 2.24) is 0 Å². The number of hydrogen-bond acceptors (Lipinski definition) is 1. The molecule has 1 nitrogen and oxygen atoms in total. The van der Waals surface area contributed by atoms with Gasteiger partial charge in [-0.2, -0.15) is 5.26 Å². The van der Waals surface area contributed by atoms with Crippen molar-refractivity contribution in [1.29, 1.82) is 5.26 Å². The zero-order valence-corrected chi connectivity index (χ0v) is 7.34. The van der Waals surface area contributed by atoms with Gasteiger partial charge in [0.2, 0.25) is 0 Å². The topological polar surface area (TPSA) is 23.8 Å². The minimum atomic E-state index is 0.742. The van der Waals surface area contributed by atoms with E-state index >= 15 is 0 Å². The third kappa shape index (κ3) is 4.03. The third-order valence-corrected chi connectivity index (χ3v) is 2.51. The Labute approximate surface area is 69.4 Å². The van der Waals surface area contributed by atoms with Crippen LogP contribution in [0.1, 0.15) is 45.4 Å². The number of nitriles is 1. The highest BCUT2D eigenvalue weighted by Gasteiger charge is 2.21. The summed E-state index contributed by atoms with van der Waals surface area (Å²) in [5.74, 6) is 1.83. The molecule has 1 rings (SSSR count). The van der Waals surface area contributed by atoms with E-state index in [2.05, 4.69) is 13.0 Å². The van der Waals surface area contributed by atoms with Crippen molar-refractivity contribution in [2.45, 2.75) is 45.4 Å². The Hall–Kier alpha value is -0.510. The van der Waals surface area contributed by atoms with Crippen molar-refractivity contribution >= 4 is 0 Å². The van der Waals surface area contributed by atoms with Gasteiger partial charge in [0, 0.05) is 6.42 Å². The second kappa shape index (κ2) is 4.38. The second-order valence-electron chi connectivity index (χ2n) is 3.82. The predicted octanol–water partition coefficient (Wildman–Crippen LogP) is 3.12. The largest absolute Gasteiger partial charge is 0.198 e. The summed E-state index contributed by atoms with van der Waals surface area (Å²) < 4.78 is 0. The Morgan fingerprint density at radius 2 is 2.18 bits per heavy atom. The summed E-state index contributed by atoms with van der Waals surface area (Å²) in [6.07, 6.45) is 7.52. The molecular formula is C10H17N. The zero-order chi connectivity index (χ0) is 8.10. The van der Waals surface area contributed by atoms with Crippen molar-refractivity contribution in [2.24, 2.45) is 11.8 Å². The maximum absolute atomic E-state index is 8.35. The van der Waals surface area contributed by atoms with Crippen LogP contribution < -0.4 is 0 Å². The van der Waals surface area contributed by atoms with E-state index in [1.165, 1.54) is 25.7 Å². The first-order valence-electron chi connectivity index (χ1n) is 4.70. The van der Waals surface area contributed by atoms with Gasteiger partial charge in [0.15, 0.2) is 0 Å². The molecule has 1 fully saturated rings. The molecule has 1 aliphatic carbocycles. The Morgan fingerprint density at radius 3 is 2.73 bits per heavy atom. The number of nitrogens with zero attached hydrogens (tertiary/aromatic N) is 1. The quantitative estimate of drug-likeness (QED) is 0.592. The van der Waals surface area contributed by atoms with Gasteiger partial charge < -0.3 is 0 Å². The average molecular weight is 151 g/mol. The molecule has 0 aromatic rings. The predicted molar refractivity (Wildman–Crippen MR) is 46.0 cm³/mol. The molecular weight excluding hydrogens is 134 g/mol. The van der Waals surface area contributed by atoms with Crippen LogP contribution in [0.3, 0.4) is 0 Å². The molecule has 0 bridgehead atoms. The first-order chi connectivity index (χ1) is 5.33. The molecule has 1 aliphatic rings. The normalized spacial score (nSPS) is 19.3. The van der Waals surface area contributed by atoms with E-state index in [0.717, 1.165) is 24.7 Å². The summed E-state index contributed by atoms with van der Waals surface area (Å²) in [6, 6.07) is 2.20. The van der Waals surface area contributed by atoms with Gasteiger partial charge in [-0.15, -0.1) is 0 Å². The van der Waals surface area contributed by atoms with Crippen LogP contribution in [-0.2, 0) is 0 Å². The molecule has 0 aromatic heterocycles. The molecule has 1 atom stereocenters. The van der Waals surface area contributed by atoms with Gasteiger partial charge in [0.25, 0.3) is 0 Å². The molecule has 0 aliphatic heterocycles. The summed E-state index contributed by atoms with van der Waals surface area (Å²) in [5, 5.41) is 8.35. The summed E-state index contributed by atoms with van der Waals surface area (Å²) in [4.78, 5) is 0. The molecule has 1 heteroatoms. The van der Waals surface area contributed by atoms with Gasteiger partial charge >= 0.3 is 0 Å². The fourth-order valence-electron chi connectivity index (χ4n) is 1.38. The molecule has 1 saturated carbocycles. The van der Waals surface area contributed by atoms with Gasteiger partial charge in [-0.05, 0) is 18.3 Å². The van der Waals surface area contributed by atoms with Gasteiger partial charge in [0.05, 0.1) is 6.07 Å². The molecule has 0 aromatic carbocycles. The maximum atomic E-state index is 8.35. The lowest BCUT2D eigenvalue weighted by atomic mass is 9.99. The third-order valence-electron chi connectivity index (χ3n) is 2.51. The highest BCUT2D eigenvalue weighted by atomic mass is 14.3. The van der Waals surface area contributed by atoms with Crippen molar-refractivity contribution in [3.63, 3.8) is 0 Å². The standard InChI is InChI=1S/C10H17N/c1-9(3-2-8-11)4-5-10-6-7-10/h9-10H,2-7H2,1H3. The molecule has 0 amide bonds. The molecule has 1 unspecified atom stereocenters. The molecule has 11 heavy (non-hydrogen) atoms. The van der Waals surface area contributed by atoms with Crippen LogP contribution in [0.5, 0.6) is 0 Å². The van der Waals surface area contributed by atoms with Gasteiger partial charge in [0.1, 0.15) is 0 Å². The Kier molecular flexibility index (Phi) is 3.42. The van der Waals surface area contributed by atoms with Gasteiger partial charge in [-0.25, -0.2) is 0 Å². The first-order valence-corrected chi connectivity index (χ1v) is 4.70. The van der Waals surface area contributed by atoms with Crippen LogP contribution >= 0.6 is 0 Å². The molecule has 0 heterocycles. The smallest absolute Gasteiger partial charge is 0.0621 e. The fraction of sp³-hybridized carbons (Fsp3) is 0.900. The lowest BCUT2D eigenvalue weighted by Gasteiger charge is -2.07. The van der Waals surface area contributed by atoms with Gasteiger partial charge in [-0.3, -0.25) is 0 Å². The van der Waals surface area contributed by atoms with Crippen LogP contribution in [-0.4, -0.2) is 0 Å². The van der Waals surface area contributed by atoms with Gasteiger partial charge in [-0.1, -0.05) is 32.6 Å². The van der Waals surface area contributed by atoms with Crippen molar-refractivity contribution in [3.05, 3.63) is 0 Å². The Balaban J connectivity index is 1.92. The lowest BCUT2D eigenvalue weighted by molar-refractivity contribution is 0.464. The summed E-state index contributed by atoms with van der Waals surface area (Å²) >= 11 is 0. The molecule has 62 valence electrons. The SMILES string of the molecule is CC(CCC#N)CCC1CC1. The van der Waals surface area contributed by atoms with Crippen molar-refractivity contribution < 1.29 is 0 Å². The lowest BCUT2D eigenvalue weighted by Crippen LogP contribution is -1.94. The van der Waals surface area contributed by atoms with Crippen molar-refractivity contribution in [2.75, 3.05) is 0 Å². The van der Waals surface area contributed by atoms with E-state index in [1.54, 1.807) is 0 Å². The number of hydrogen-bond donors (Lipinski definition) is 0. The van der Waals surface area contributed by atoms with Crippen LogP contribution in [0.15, 0.2) is 0 Å². The van der Waals surface area contributed by atoms with Crippen LogP contribution in [0.4, 0.5) is 0 Å². The minimum absolute atomic E-state index is 0.742. The van der Waals surface area contributed by atoms with E-state index in [-0.39, 0.29) is 0 Å². The van der Waals surface area contributed by atoms with E-state index in [9.17, 15) is 0 Å². The average Bonchev–Trinajstić information content (AvgIpc) is 2.80. The monoisotopic (exact) mass is 151 g/mol. The van der Waals surface area contributed by atoms with E-state index < -0.39 is 0 Å². The van der Waals surface area contributed by atoms with E-state index in [0.29, 0.717) is 0 Å².